The number of amides is 1. The summed E-state index contributed by atoms with van der Waals surface area (Å²) in [6.45, 7) is -1.67. The Morgan fingerprint density at radius 2 is 1.72 bits per heavy atom. The van der Waals surface area contributed by atoms with E-state index in [1.165, 1.54) is 0 Å². The number of carbonyl (C=O) groups is 1. The largest absolute Gasteiger partial charge is 0.394 e. The van der Waals surface area contributed by atoms with E-state index in [9.17, 15) is 4.79 Å². The highest BCUT2D eigenvalue weighted by Gasteiger charge is 2.30. The minimum absolute atomic E-state index is 0.337. The average Bonchev–Trinajstić information content (AvgIpc) is 2.38. The molecule has 0 heterocycles. The highest BCUT2D eigenvalue weighted by atomic mass is 79.9. The third kappa shape index (κ3) is 3.52. The van der Waals surface area contributed by atoms with Crippen LogP contribution in [-0.2, 0) is 0 Å². The second-order valence-electron chi connectivity index (χ2n) is 3.83. The van der Waals surface area contributed by atoms with E-state index in [4.69, 9.17) is 15.3 Å². The molecule has 18 heavy (non-hydrogen) atoms. The van der Waals surface area contributed by atoms with Crippen LogP contribution in [0.4, 0.5) is 0 Å². The summed E-state index contributed by atoms with van der Waals surface area (Å²) in [6, 6.07) is 5.05. The van der Waals surface area contributed by atoms with Gasteiger partial charge >= 0.3 is 0 Å². The summed E-state index contributed by atoms with van der Waals surface area (Å²) in [6.07, 6.45) is 0. The number of carbonyl (C=O) groups excluding carboxylic acids is 1. The molecule has 0 radical (unpaired) electrons. The van der Waals surface area contributed by atoms with Gasteiger partial charge in [-0.3, -0.25) is 4.79 Å². The smallest absolute Gasteiger partial charge is 0.253 e. The van der Waals surface area contributed by atoms with Crippen LogP contribution in [-0.4, -0.2) is 46.6 Å². The summed E-state index contributed by atoms with van der Waals surface area (Å²) >= 11 is 6.48. The first-order valence-electron chi connectivity index (χ1n) is 5.08. The Hall–Kier alpha value is -0.470. The van der Waals surface area contributed by atoms with Crippen LogP contribution in [0.1, 0.15) is 10.4 Å². The number of aliphatic hydroxyl groups is 3. The van der Waals surface area contributed by atoms with Gasteiger partial charge in [0.25, 0.3) is 5.91 Å². The maximum absolute atomic E-state index is 12.0. The third-order valence-corrected chi connectivity index (χ3v) is 3.64. The molecule has 0 saturated carbocycles. The quantitative estimate of drug-likeness (QED) is 0.602. The van der Waals surface area contributed by atoms with Crippen molar-refractivity contribution < 1.29 is 20.1 Å². The fourth-order valence-corrected chi connectivity index (χ4v) is 2.04. The van der Waals surface area contributed by atoms with Crippen molar-refractivity contribution in [3.05, 3.63) is 32.7 Å². The van der Waals surface area contributed by atoms with E-state index >= 15 is 0 Å². The number of benzene rings is 1. The third-order valence-electron chi connectivity index (χ3n) is 2.46. The molecule has 0 aliphatic carbocycles. The molecule has 0 spiro atoms. The van der Waals surface area contributed by atoms with Crippen LogP contribution in [0.2, 0.25) is 0 Å². The van der Waals surface area contributed by atoms with Gasteiger partial charge in [0.15, 0.2) is 0 Å². The second-order valence-corrected chi connectivity index (χ2v) is 5.60. The lowest BCUT2D eigenvalue weighted by Crippen LogP contribution is -2.57. The lowest BCUT2D eigenvalue weighted by atomic mass is 10.0. The lowest BCUT2D eigenvalue weighted by Gasteiger charge is -2.28. The molecule has 1 aromatic rings. The van der Waals surface area contributed by atoms with Crippen LogP contribution in [0.3, 0.4) is 0 Å². The molecule has 1 amide bonds. The Balaban J connectivity index is 2.97. The number of nitrogens with one attached hydrogen (secondary N) is 1. The van der Waals surface area contributed by atoms with Crippen LogP contribution in [0.15, 0.2) is 27.1 Å². The monoisotopic (exact) mass is 381 g/mol. The highest BCUT2D eigenvalue weighted by Crippen LogP contribution is 2.22. The Labute approximate surface area is 121 Å². The van der Waals surface area contributed by atoms with Gasteiger partial charge in [-0.25, -0.2) is 0 Å². The zero-order valence-electron chi connectivity index (χ0n) is 9.36. The Kier molecular flexibility index (Phi) is 5.74. The molecule has 7 heteroatoms. The molecule has 0 aliphatic heterocycles. The zero-order chi connectivity index (χ0) is 13.8. The average molecular weight is 383 g/mol. The first-order chi connectivity index (χ1) is 8.48. The summed E-state index contributed by atoms with van der Waals surface area (Å²) in [7, 11) is 0. The molecule has 0 fully saturated rings. The Morgan fingerprint density at radius 3 is 2.22 bits per heavy atom. The lowest BCUT2D eigenvalue weighted by molar-refractivity contribution is 0.0375. The van der Waals surface area contributed by atoms with Crippen molar-refractivity contribution in [1.29, 1.82) is 0 Å². The summed E-state index contributed by atoms with van der Waals surface area (Å²) < 4.78 is 1.30. The molecular formula is C11H13Br2NO4. The first kappa shape index (κ1) is 15.6. The number of aliphatic hydroxyl groups excluding tert-OH is 3. The maximum Gasteiger partial charge on any atom is 0.253 e. The summed E-state index contributed by atoms with van der Waals surface area (Å²) in [4.78, 5) is 12.0. The maximum atomic E-state index is 12.0. The standard InChI is InChI=1S/C11H13Br2NO4/c12-7-1-2-9(13)8(3-7)10(18)14-11(4-15,5-16)6-17/h1-3,15-17H,4-6H2,(H,14,18). The van der Waals surface area contributed by atoms with Crippen LogP contribution in [0.5, 0.6) is 0 Å². The molecule has 0 aliphatic rings. The van der Waals surface area contributed by atoms with Gasteiger partial charge in [-0.2, -0.15) is 0 Å². The highest BCUT2D eigenvalue weighted by molar-refractivity contribution is 9.11. The molecule has 0 unspecified atom stereocenters. The predicted molar refractivity (Wildman–Crippen MR) is 73.3 cm³/mol. The molecule has 1 aromatic carbocycles. The van der Waals surface area contributed by atoms with Gasteiger partial charge < -0.3 is 20.6 Å². The fourth-order valence-electron chi connectivity index (χ4n) is 1.25. The summed E-state index contributed by atoms with van der Waals surface area (Å²) in [5.74, 6) is -0.500. The number of hydrogen-bond acceptors (Lipinski definition) is 4. The Bertz CT molecular complexity index is 427. The molecule has 4 N–H and O–H groups in total. The van der Waals surface area contributed by atoms with Crippen molar-refractivity contribution in [3.63, 3.8) is 0 Å². The topological polar surface area (TPSA) is 89.8 Å². The van der Waals surface area contributed by atoms with Gasteiger partial charge in [-0.1, -0.05) is 15.9 Å². The molecule has 1 rings (SSSR count). The van der Waals surface area contributed by atoms with Gasteiger partial charge in [0.1, 0.15) is 5.54 Å². The van der Waals surface area contributed by atoms with E-state index in [-0.39, 0.29) is 0 Å². The van der Waals surface area contributed by atoms with E-state index < -0.39 is 31.3 Å². The fraction of sp³-hybridized carbons (Fsp3) is 0.364. The minimum Gasteiger partial charge on any atom is -0.394 e. The van der Waals surface area contributed by atoms with Crippen LogP contribution >= 0.6 is 31.9 Å². The zero-order valence-corrected chi connectivity index (χ0v) is 12.5. The molecule has 0 saturated heterocycles. The molecular weight excluding hydrogens is 370 g/mol. The first-order valence-corrected chi connectivity index (χ1v) is 6.67. The van der Waals surface area contributed by atoms with Crippen molar-refractivity contribution in [2.24, 2.45) is 0 Å². The van der Waals surface area contributed by atoms with Crippen molar-refractivity contribution in [1.82, 2.24) is 5.32 Å². The summed E-state index contributed by atoms with van der Waals surface area (Å²) in [5.41, 5.74) is -1.09. The molecule has 0 aromatic heterocycles. The number of hydrogen-bond donors (Lipinski definition) is 4. The van der Waals surface area contributed by atoms with Gasteiger partial charge in [0.05, 0.1) is 25.4 Å². The van der Waals surface area contributed by atoms with Crippen molar-refractivity contribution in [3.8, 4) is 0 Å². The van der Waals surface area contributed by atoms with E-state index in [1.54, 1.807) is 18.2 Å². The molecule has 0 bridgehead atoms. The molecule has 5 nitrogen and oxygen atoms in total. The van der Waals surface area contributed by atoms with E-state index in [0.29, 0.717) is 10.0 Å². The number of halogens is 2. The predicted octanol–water partition coefficient (Wildman–Crippen LogP) is 0.657. The van der Waals surface area contributed by atoms with Crippen LogP contribution in [0.25, 0.3) is 0 Å². The minimum atomic E-state index is -1.43. The van der Waals surface area contributed by atoms with Gasteiger partial charge in [0.2, 0.25) is 0 Å². The summed E-state index contributed by atoms with van der Waals surface area (Å²) in [5, 5.41) is 29.8. The SMILES string of the molecule is O=C(NC(CO)(CO)CO)c1cc(Br)ccc1Br. The second kappa shape index (κ2) is 6.63. The van der Waals surface area contributed by atoms with E-state index in [0.717, 1.165) is 4.47 Å². The van der Waals surface area contributed by atoms with Gasteiger partial charge in [0, 0.05) is 8.95 Å². The van der Waals surface area contributed by atoms with Crippen molar-refractivity contribution in [2.45, 2.75) is 5.54 Å². The normalized spacial score (nSPS) is 11.4. The van der Waals surface area contributed by atoms with Gasteiger partial charge in [-0.05, 0) is 34.1 Å². The molecule has 100 valence electrons. The van der Waals surface area contributed by atoms with Crippen molar-refractivity contribution in [2.75, 3.05) is 19.8 Å². The molecule has 0 atom stereocenters. The van der Waals surface area contributed by atoms with Crippen molar-refractivity contribution >= 4 is 37.8 Å². The Morgan fingerprint density at radius 1 is 1.17 bits per heavy atom. The van der Waals surface area contributed by atoms with Crippen LogP contribution in [0, 0.1) is 0 Å². The van der Waals surface area contributed by atoms with E-state index in [2.05, 4.69) is 37.2 Å². The number of rotatable bonds is 5. The van der Waals surface area contributed by atoms with Gasteiger partial charge in [-0.15, -0.1) is 0 Å². The van der Waals surface area contributed by atoms with Crippen LogP contribution < -0.4 is 5.32 Å². The van der Waals surface area contributed by atoms with E-state index in [1.807, 2.05) is 0 Å².